The number of rotatable bonds is 1. The number of nitrogens with two attached hydrogens (primary N) is 1. The van der Waals surface area contributed by atoms with Crippen LogP contribution in [-0.4, -0.2) is 11.6 Å². The molecule has 0 saturated carbocycles. The van der Waals surface area contributed by atoms with Gasteiger partial charge < -0.3 is 10.5 Å². The lowest BCUT2D eigenvalue weighted by atomic mass is 10.1. The molecular weight excluding hydrogens is 204 g/mol. The minimum atomic E-state index is -0.577. The van der Waals surface area contributed by atoms with Crippen molar-refractivity contribution in [3.05, 3.63) is 29.3 Å². The minimum Gasteiger partial charge on any atom is -0.456 e. The zero-order chi connectivity index (χ0) is 12.3. The fourth-order valence-corrected chi connectivity index (χ4v) is 1.17. The fraction of sp³-hybridized carbons (Fsp3) is 0.333. The topological polar surface area (TPSA) is 76.1 Å². The smallest absolute Gasteiger partial charge is 0.340 e. The van der Waals surface area contributed by atoms with E-state index >= 15 is 0 Å². The van der Waals surface area contributed by atoms with E-state index < -0.39 is 11.6 Å². The number of carbonyl (C=O) groups excluding carboxylic acids is 1. The van der Waals surface area contributed by atoms with Crippen LogP contribution in [0.1, 0.15) is 36.7 Å². The molecule has 16 heavy (non-hydrogen) atoms. The number of hydrogen-bond acceptors (Lipinski definition) is 4. The predicted octanol–water partition coefficient (Wildman–Crippen LogP) is 2.10. The van der Waals surface area contributed by atoms with Gasteiger partial charge in [0.25, 0.3) is 0 Å². The van der Waals surface area contributed by atoms with Crippen LogP contribution < -0.4 is 5.73 Å². The summed E-state index contributed by atoms with van der Waals surface area (Å²) in [6.07, 6.45) is 0. The average Bonchev–Trinajstić information content (AvgIpc) is 2.15. The highest BCUT2D eigenvalue weighted by molar-refractivity contribution is 5.96. The van der Waals surface area contributed by atoms with Gasteiger partial charge in [-0.15, -0.1) is 0 Å². The van der Waals surface area contributed by atoms with Gasteiger partial charge in [-0.1, -0.05) is 6.07 Å². The van der Waals surface area contributed by atoms with E-state index in [1.165, 1.54) is 0 Å². The van der Waals surface area contributed by atoms with Crippen LogP contribution in [0.4, 0.5) is 5.69 Å². The van der Waals surface area contributed by atoms with Crippen LogP contribution in [0.2, 0.25) is 0 Å². The molecule has 0 unspecified atom stereocenters. The highest BCUT2D eigenvalue weighted by Crippen LogP contribution is 2.20. The molecule has 4 nitrogen and oxygen atoms in total. The van der Waals surface area contributed by atoms with Gasteiger partial charge in [0, 0.05) is 0 Å². The summed E-state index contributed by atoms with van der Waals surface area (Å²) in [4.78, 5) is 11.7. The molecule has 2 N–H and O–H groups in total. The molecule has 0 atom stereocenters. The Balaban J connectivity index is 3.07. The van der Waals surface area contributed by atoms with Gasteiger partial charge in [-0.3, -0.25) is 0 Å². The summed E-state index contributed by atoms with van der Waals surface area (Å²) >= 11 is 0. The first kappa shape index (κ1) is 12.1. The molecule has 1 rings (SSSR count). The van der Waals surface area contributed by atoms with E-state index in [9.17, 15) is 4.79 Å². The zero-order valence-corrected chi connectivity index (χ0v) is 9.57. The van der Waals surface area contributed by atoms with E-state index in [4.69, 9.17) is 15.7 Å². The van der Waals surface area contributed by atoms with Gasteiger partial charge in [0.05, 0.1) is 16.8 Å². The molecule has 0 fully saturated rings. The number of nitriles is 1. The molecule has 4 heteroatoms. The molecule has 0 bridgehead atoms. The lowest BCUT2D eigenvalue weighted by Gasteiger charge is -2.20. The number of anilines is 1. The molecule has 0 amide bonds. The zero-order valence-electron chi connectivity index (χ0n) is 9.57. The normalized spacial score (nSPS) is 10.6. The van der Waals surface area contributed by atoms with Crippen LogP contribution in [0.5, 0.6) is 0 Å². The van der Waals surface area contributed by atoms with Crippen LogP contribution in [0.15, 0.2) is 18.2 Å². The maximum atomic E-state index is 11.7. The monoisotopic (exact) mass is 218 g/mol. The Kier molecular flexibility index (Phi) is 3.19. The first-order chi connectivity index (χ1) is 7.35. The molecule has 0 spiro atoms. The standard InChI is InChI=1S/C12H14N2O2/c1-12(2,3)16-11(15)9-6-4-5-8(7-13)10(9)14/h4-6H,14H2,1-3H3. The molecule has 0 aliphatic rings. The Morgan fingerprint density at radius 3 is 2.56 bits per heavy atom. The SMILES string of the molecule is CC(C)(C)OC(=O)c1cccc(C#N)c1N. The summed E-state index contributed by atoms with van der Waals surface area (Å²) in [5.41, 5.74) is 5.79. The van der Waals surface area contributed by atoms with Crippen molar-refractivity contribution in [2.24, 2.45) is 0 Å². The predicted molar refractivity (Wildman–Crippen MR) is 60.7 cm³/mol. The number of ether oxygens (including phenoxy) is 1. The van der Waals surface area contributed by atoms with E-state index in [1.807, 2.05) is 6.07 Å². The Labute approximate surface area is 94.6 Å². The van der Waals surface area contributed by atoms with Crippen LogP contribution >= 0.6 is 0 Å². The number of nitrogens with zero attached hydrogens (tertiary/aromatic N) is 1. The number of esters is 1. The Morgan fingerprint density at radius 1 is 1.44 bits per heavy atom. The van der Waals surface area contributed by atoms with Crippen molar-refractivity contribution in [2.75, 3.05) is 5.73 Å². The molecule has 84 valence electrons. The van der Waals surface area contributed by atoms with Gasteiger partial charge >= 0.3 is 5.97 Å². The van der Waals surface area contributed by atoms with Gasteiger partial charge in [0.1, 0.15) is 11.7 Å². The van der Waals surface area contributed by atoms with Crippen molar-refractivity contribution in [2.45, 2.75) is 26.4 Å². The molecular formula is C12H14N2O2. The summed E-state index contributed by atoms with van der Waals surface area (Å²) in [5, 5.41) is 8.78. The van der Waals surface area contributed by atoms with Crippen LogP contribution in [0, 0.1) is 11.3 Å². The molecule has 1 aromatic carbocycles. The highest BCUT2D eigenvalue weighted by atomic mass is 16.6. The number of para-hydroxylation sites is 1. The highest BCUT2D eigenvalue weighted by Gasteiger charge is 2.20. The maximum Gasteiger partial charge on any atom is 0.340 e. The van der Waals surface area contributed by atoms with Gasteiger partial charge in [-0.05, 0) is 32.9 Å². The van der Waals surface area contributed by atoms with Crippen LogP contribution in [0.25, 0.3) is 0 Å². The van der Waals surface area contributed by atoms with Crippen LogP contribution in [-0.2, 0) is 4.74 Å². The maximum absolute atomic E-state index is 11.7. The van der Waals surface area contributed by atoms with E-state index in [0.717, 1.165) is 0 Å². The van der Waals surface area contributed by atoms with Crippen molar-refractivity contribution in [1.29, 1.82) is 5.26 Å². The minimum absolute atomic E-state index is 0.166. The first-order valence-electron chi connectivity index (χ1n) is 4.87. The summed E-state index contributed by atoms with van der Waals surface area (Å²) in [7, 11) is 0. The molecule has 1 aromatic rings. The number of nitrogen functional groups attached to an aromatic ring is 1. The second kappa shape index (κ2) is 4.23. The van der Waals surface area contributed by atoms with Gasteiger partial charge in [0.2, 0.25) is 0 Å². The van der Waals surface area contributed by atoms with E-state index in [0.29, 0.717) is 0 Å². The van der Waals surface area contributed by atoms with Crippen molar-refractivity contribution >= 4 is 11.7 Å². The lowest BCUT2D eigenvalue weighted by Crippen LogP contribution is -2.24. The summed E-state index contributed by atoms with van der Waals surface area (Å²) < 4.78 is 5.18. The van der Waals surface area contributed by atoms with Gasteiger partial charge in [0.15, 0.2) is 0 Å². The number of carbonyl (C=O) groups is 1. The van der Waals surface area contributed by atoms with Crippen molar-refractivity contribution < 1.29 is 9.53 Å². The van der Waals surface area contributed by atoms with Crippen LogP contribution in [0.3, 0.4) is 0 Å². The molecule has 0 aliphatic heterocycles. The molecule has 0 radical (unpaired) electrons. The summed E-state index contributed by atoms with van der Waals surface area (Å²) in [5.74, 6) is -0.512. The number of benzene rings is 1. The first-order valence-corrected chi connectivity index (χ1v) is 4.87. The molecule has 0 aliphatic carbocycles. The van der Waals surface area contributed by atoms with Crippen molar-refractivity contribution in [3.8, 4) is 6.07 Å². The second-order valence-electron chi connectivity index (χ2n) is 4.38. The second-order valence-corrected chi connectivity index (χ2v) is 4.38. The van der Waals surface area contributed by atoms with Gasteiger partial charge in [-0.25, -0.2) is 4.79 Å². The van der Waals surface area contributed by atoms with Gasteiger partial charge in [-0.2, -0.15) is 5.26 Å². The summed E-state index contributed by atoms with van der Waals surface area (Å²) in [6, 6.07) is 6.63. The third-order valence-electron chi connectivity index (χ3n) is 1.85. The third-order valence-corrected chi connectivity index (χ3v) is 1.85. The lowest BCUT2D eigenvalue weighted by molar-refractivity contribution is 0.00708. The van der Waals surface area contributed by atoms with E-state index in [-0.39, 0.29) is 16.8 Å². The van der Waals surface area contributed by atoms with E-state index in [2.05, 4.69) is 0 Å². The molecule has 0 saturated heterocycles. The van der Waals surface area contributed by atoms with Crippen molar-refractivity contribution in [3.63, 3.8) is 0 Å². The number of hydrogen-bond donors (Lipinski definition) is 1. The third kappa shape index (κ3) is 2.74. The Hall–Kier alpha value is -2.02. The summed E-state index contributed by atoms with van der Waals surface area (Å²) in [6.45, 7) is 5.32. The Bertz CT molecular complexity index is 453. The molecule has 0 heterocycles. The Morgan fingerprint density at radius 2 is 2.06 bits per heavy atom. The molecule has 0 aromatic heterocycles. The fourth-order valence-electron chi connectivity index (χ4n) is 1.17. The van der Waals surface area contributed by atoms with E-state index in [1.54, 1.807) is 39.0 Å². The quantitative estimate of drug-likeness (QED) is 0.578. The largest absolute Gasteiger partial charge is 0.456 e. The van der Waals surface area contributed by atoms with Crippen molar-refractivity contribution in [1.82, 2.24) is 0 Å². The average molecular weight is 218 g/mol.